The Morgan fingerprint density at radius 3 is 2.56 bits per heavy atom. The van der Waals surface area contributed by atoms with Gasteiger partial charge in [-0.15, -0.1) is 0 Å². The maximum atomic E-state index is 13.6. The number of hydrogen-bond acceptors (Lipinski definition) is 3. The maximum Gasteiger partial charge on any atom is 0.126 e. The van der Waals surface area contributed by atoms with E-state index >= 15 is 0 Å². The molecule has 4 heteroatoms. The summed E-state index contributed by atoms with van der Waals surface area (Å²) in [5.74, 6) is 0.646. The lowest BCUT2D eigenvalue weighted by Gasteiger charge is -2.13. The molecule has 0 aliphatic carbocycles. The van der Waals surface area contributed by atoms with Crippen LogP contribution in [-0.2, 0) is 0 Å². The third-order valence-electron chi connectivity index (χ3n) is 2.81. The van der Waals surface area contributed by atoms with Crippen LogP contribution in [0.2, 0.25) is 0 Å². The molecule has 0 aliphatic heterocycles. The van der Waals surface area contributed by atoms with Gasteiger partial charge in [0.15, 0.2) is 0 Å². The second-order valence-corrected chi connectivity index (χ2v) is 5.45. The van der Waals surface area contributed by atoms with Gasteiger partial charge in [-0.2, -0.15) is 0 Å². The number of rotatable bonds is 3. The second kappa shape index (κ2) is 5.16. The molecular formula is C14H16FNOS. The highest BCUT2D eigenvalue weighted by Crippen LogP contribution is 2.36. The first-order chi connectivity index (χ1) is 8.49. The van der Waals surface area contributed by atoms with Crippen LogP contribution >= 0.6 is 11.8 Å². The SMILES string of the molecule is Cc1cc(Sc2ccoc2C)c(C(C)N)cc1F. The number of halogens is 1. The van der Waals surface area contributed by atoms with Crippen molar-refractivity contribution in [2.45, 2.75) is 36.6 Å². The van der Waals surface area contributed by atoms with Crippen LogP contribution in [0.25, 0.3) is 0 Å². The average molecular weight is 265 g/mol. The van der Waals surface area contributed by atoms with Crippen molar-refractivity contribution in [1.29, 1.82) is 0 Å². The molecule has 1 unspecified atom stereocenters. The fraction of sp³-hybridized carbons (Fsp3) is 0.286. The van der Waals surface area contributed by atoms with Crippen LogP contribution < -0.4 is 5.73 Å². The highest BCUT2D eigenvalue weighted by Gasteiger charge is 2.13. The van der Waals surface area contributed by atoms with Gasteiger partial charge in [-0.05, 0) is 50.1 Å². The summed E-state index contributed by atoms with van der Waals surface area (Å²) >= 11 is 1.56. The fourth-order valence-electron chi connectivity index (χ4n) is 1.71. The molecule has 0 saturated carbocycles. The molecule has 2 N–H and O–H groups in total. The average Bonchev–Trinajstić information content (AvgIpc) is 2.69. The van der Waals surface area contributed by atoms with Crippen LogP contribution in [-0.4, -0.2) is 0 Å². The zero-order valence-corrected chi connectivity index (χ0v) is 11.5. The highest BCUT2D eigenvalue weighted by atomic mass is 32.2. The first-order valence-electron chi connectivity index (χ1n) is 5.76. The first kappa shape index (κ1) is 13.2. The van der Waals surface area contributed by atoms with E-state index in [1.165, 1.54) is 6.07 Å². The van der Waals surface area contributed by atoms with Gasteiger partial charge < -0.3 is 10.2 Å². The molecule has 1 atom stereocenters. The Balaban J connectivity index is 2.43. The summed E-state index contributed by atoms with van der Waals surface area (Å²) in [6.45, 7) is 5.52. The van der Waals surface area contributed by atoms with E-state index in [0.29, 0.717) is 5.56 Å². The number of aryl methyl sites for hydroxylation is 2. The van der Waals surface area contributed by atoms with E-state index in [2.05, 4.69) is 0 Å². The summed E-state index contributed by atoms with van der Waals surface area (Å²) in [5, 5.41) is 0. The molecule has 2 aromatic rings. The Labute approximate surface area is 110 Å². The van der Waals surface area contributed by atoms with E-state index in [1.807, 2.05) is 26.0 Å². The lowest BCUT2D eigenvalue weighted by atomic mass is 10.1. The third kappa shape index (κ3) is 2.60. The van der Waals surface area contributed by atoms with Gasteiger partial charge >= 0.3 is 0 Å². The van der Waals surface area contributed by atoms with Crippen molar-refractivity contribution in [2.24, 2.45) is 5.73 Å². The van der Waals surface area contributed by atoms with E-state index in [4.69, 9.17) is 10.2 Å². The number of hydrogen-bond donors (Lipinski definition) is 1. The van der Waals surface area contributed by atoms with Gasteiger partial charge in [0.2, 0.25) is 0 Å². The quantitative estimate of drug-likeness (QED) is 0.903. The summed E-state index contributed by atoms with van der Waals surface area (Å²) in [7, 11) is 0. The van der Waals surface area contributed by atoms with E-state index in [1.54, 1.807) is 24.9 Å². The van der Waals surface area contributed by atoms with Gasteiger partial charge in [0.1, 0.15) is 11.6 Å². The first-order valence-corrected chi connectivity index (χ1v) is 6.58. The zero-order valence-electron chi connectivity index (χ0n) is 10.7. The van der Waals surface area contributed by atoms with Gasteiger partial charge in [-0.1, -0.05) is 11.8 Å². The molecule has 1 aromatic carbocycles. The van der Waals surface area contributed by atoms with Crippen molar-refractivity contribution >= 4 is 11.8 Å². The molecule has 0 amide bonds. The Morgan fingerprint density at radius 2 is 2.00 bits per heavy atom. The topological polar surface area (TPSA) is 39.2 Å². The number of benzene rings is 1. The Hall–Kier alpha value is -1.26. The lowest BCUT2D eigenvalue weighted by molar-refractivity contribution is 0.527. The summed E-state index contributed by atoms with van der Waals surface area (Å²) in [6.07, 6.45) is 1.65. The minimum absolute atomic E-state index is 0.199. The van der Waals surface area contributed by atoms with Gasteiger partial charge in [0.25, 0.3) is 0 Å². The largest absolute Gasteiger partial charge is 0.468 e. The summed E-state index contributed by atoms with van der Waals surface area (Å²) in [4.78, 5) is 2.01. The zero-order chi connectivity index (χ0) is 13.3. The number of nitrogens with two attached hydrogens (primary N) is 1. The molecule has 0 saturated heterocycles. The lowest BCUT2D eigenvalue weighted by Crippen LogP contribution is -2.07. The fourth-order valence-corrected chi connectivity index (χ4v) is 2.86. The van der Waals surface area contributed by atoms with Crippen molar-refractivity contribution in [3.05, 3.63) is 47.2 Å². The molecule has 2 rings (SSSR count). The highest BCUT2D eigenvalue weighted by molar-refractivity contribution is 7.99. The van der Waals surface area contributed by atoms with E-state index in [-0.39, 0.29) is 11.9 Å². The predicted molar refractivity (Wildman–Crippen MR) is 71.3 cm³/mol. The minimum atomic E-state index is -0.212. The molecule has 0 fully saturated rings. The summed E-state index contributed by atoms with van der Waals surface area (Å²) in [5.41, 5.74) is 7.35. The van der Waals surface area contributed by atoms with Gasteiger partial charge in [-0.25, -0.2) is 4.39 Å². The Kier molecular flexibility index (Phi) is 3.78. The smallest absolute Gasteiger partial charge is 0.126 e. The van der Waals surface area contributed by atoms with Crippen molar-refractivity contribution in [3.63, 3.8) is 0 Å². The van der Waals surface area contributed by atoms with Crippen LogP contribution in [0.5, 0.6) is 0 Å². The van der Waals surface area contributed by atoms with Crippen LogP contribution in [0.3, 0.4) is 0 Å². The summed E-state index contributed by atoms with van der Waals surface area (Å²) in [6, 6.07) is 5.07. The van der Waals surface area contributed by atoms with E-state index < -0.39 is 0 Å². The Morgan fingerprint density at radius 1 is 1.28 bits per heavy atom. The molecule has 18 heavy (non-hydrogen) atoms. The Bertz CT molecular complexity index is 563. The van der Waals surface area contributed by atoms with E-state index in [0.717, 1.165) is 21.1 Å². The maximum absolute atomic E-state index is 13.6. The molecule has 0 bridgehead atoms. The van der Waals surface area contributed by atoms with E-state index in [9.17, 15) is 4.39 Å². The van der Waals surface area contributed by atoms with Crippen LogP contribution in [0.4, 0.5) is 4.39 Å². The van der Waals surface area contributed by atoms with Crippen molar-refractivity contribution in [1.82, 2.24) is 0 Å². The molecular weight excluding hydrogens is 249 g/mol. The molecule has 1 heterocycles. The molecule has 0 radical (unpaired) electrons. The van der Waals surface area contributed by atoms with Crippen molar-refractivity contribution in [2.75, 3.05) is 0 Å². The van der Waals surface area contributed by atoms with Crippen LogP contribution in [0.1, 0.15) is 29.9 Å². The van der Waals surface area contributed by atoms with Gasteiger partial charge in [0, 0.05) is 10.9 Å². The summed E-state index contributed by atoms with van der Waals surface area (Å²) < 4.78 is 18.9. The van der Waals surface area contributed by atoms with Crippen molar-refractivity contribution in [3.8, 4) is 0 Å². The van der Waals surface area contributed by atoms with Gasteiger partial charge in [0.05, 0.1) is 11.2 Å². The minimum Gasteiger partial charge on any atom is -0.468 e. The molecule has 0 spiro atoms. The third-order valence-corrected chi connectivity index (χ3v) is 4.03. The van der Waals surface area contributed by atoms with Crippen LogP contribution in [0, 0.1) is 19.7 Å². The second-order valence-electron chi connectivity index (χ2n) is 4.37. The predicted octanol–water partition coefficient (Wildman–Crippen LogP) is 4.21. The molecule has 2 nitrogen and oxygen atoms in total. The van der Waals surface area contributed by atoms with Crippen molar-refractivity contribution < 1.29 is 8.81 Å². The number of furan rings is 1. The standard InChI is InChI=1S/C14H16FNOS/c1-8-6-14(11(9(2)16)7-12(8)15)18-13-4-5-17-10(13)3/h4-7,9H,16H2,1-3H3. The monoisotopic (exact) mass is 265 g/mol. The molecule has 0 aliphatic rings. The molecule has 96 valence electrons. The molecule has 1 aromatic heterocycles. The van der Waals surface area contributed by atoms with Crippen LogP contribution in [0.15, 0.2) is 38.7 Å². The normalized spacial score (nSPS) is 12.7. The van der Waals surface area contributed by atoms with Gasteiger partial charge in [-0.3, -0.25) is 0 Å².